The van der Waals surface area contributed by atoms with Crippen LogP contribution in [0.15, 0.2) is 60.7 Å². The molecule has 0 fully saturated rings. The molecule has 0 atom stereocenters. The number of benzene rings is 2. The minimum absolute atomic E-state index is 0. The Morgan fingerprint density at radius 1 is 0.882 bits per heavy atom. The van der Waals surface area contributed by atoms with Gasteiger partial charge in [-0.3, -0.25) is 0 Å². The molecule has 0 saturated carbocycles. The zero-order chi connectivity index (χ0) is 11.2. The number of hydrogen-bond acceptors (Lipinski definition) is 1. The molecule has 1 N–H and O–H groups in total. The van der Waals surface area contributed by atoms with Crippen LogP contribution in [-0.4, -0.2) is 5.11 Å². The molecule has 0 amide bonds. The van der Waals surface area contributed by atoms with Gasteiger partial charge in [0.25, 0.3) is 0 Å². The first-order valence-corrected chi connectivity index (χ1v) is 5.38. The van der Waals surface area contributed by atoms with Gasteiger partial charge >= 0.3 is 17.1 Å². The van der Waals surface area contributed by atoms with Crippen LogP contribution in [0.5, 0.6) is 0 Å². The molecule has 0 aromatic heterocycles. The summed E-state index contributed by atoms with van der Waals surface area (Å²) < 4.78 is 0. The predicted octanol–water partition coefficient (Wildman–Crippen LogP) is 4.09. The molecule has 0 spiro atoms. The van der Waals surface area contributed by atoms with Crippen LogP contribution in [0.25, 0.3) is 5.32 Å². The minimum Gasteiger partial charge on any atom is -0.448 e. The monoisotopic (exact) mass is 290 g/mol. The van der Waals surface area contributed by atoms with Crippen molar-refractivity contribution in [2.45, 2.75) is 0 Å². The zero-order valence-corrected chi connectivity index (χ0v) is 10.7. The van der Waals surface area contributed by atoms with E-state index < -0.39 is 0 Å². The third-order valence-electron chi connectivity index (χ3n) is 2.01. The second-order valence-electron chi connectivity index (χ2n) is 3.24. The van der Waals surface area contributed by atoms with Gasteiger partial charge in [0.05, 0.1) is 0 Å². The van der Waals surface area contributed by atoms with E-state index in [1.54, 1.807) is 0 Å². The summed E-state index contributed by atoms with van der Waals surface area (Å²) in [6, 6.07) is 19.4. The fourth-order valence-electron chi connectivity index (χ4n) is 1.29. The van der Waals surface area contributed by atoms with Gasteiger partial charge in [0.15, 0.2) is 0 Å². The topological polar surface area (TPSA) is 26.1 Å². The van der Waals surface area contributed by atoms with Gasteiger partial charge in [0, 0.05) is 5.11 Å². The second kappa shape index (κ2) is 7.07. The summed E-state index contributed by atoms with van der Waals surface area (Å²) in [6.45, 7) is 0. The van der Waals surface area contributed by atoms with Crippen LogP contribution in [-0.2, 0) is 17.1 Å². The van der Waals surface area contributed by atoms with Crippen molar-refractivity contribution in [3.63, 3.8) is 0 Å². The molecule has 0 aliphatic carbocycles. The Hall–Kier alpha value is -1.35. The molecular weight excluding hydrogens is 280 g/mol. The third kappa shape index (κ3) is 4.57. The van der Waals surface area contributed by atoms with E-state index in [0.717, 1.165) is 11.4 Å². The summed E-state index contributed by atoms with van der Waals surface area (Å²) in [5.74, 6) is 0. The summed E-state index contributed by atoms with van der Waals surface area (Å²) in [4.78, 5) is 0. The molecule has 0 bridgehead atoms. The van der Waals surface area contributed by atoms with Gasteiger partial charge in [0.2, 0.25) is 0 Å². The van der Waals surface area contributed by atoms with Gasteiger partial charge in [-0.25, -0.2) is 0 Å². The Labute approximate surface area is 117 Å². The zero-order valence-electron chi connectivity index (χ0n) is 8.93. The summed E-state index contributed by atoms with van der Waals surface area (Å²) in [5, 5.41) is 7.80. The largest absolute Gasteiger partial charge is 1.00 e. The van der Waals surface area contributed by atoms with Crippen LogP contribution < -0.4 is 5.32 Å². The molecule has 0 radical (unpaired) electrons. The van der Waals surface area contributed by atoms with E-state index in [4.69, 9.17) is 12.2 Å². The van der Waals surface area contributed by atoms with Crippen LogP contribution in [0.3, 0.4) is 0 Å². The number of rotatable bonds is 2. The first kappa shape index (κ1) is 13.7. The summed E-state index contributed by atoms with van der Waals surface area (Å²) >= 11 is 5.14. The molecule has 2 aromatic carbocycles. The summed E-state index contributed by atoms with van der Waals surface area (Å²) in [7, 11) is 0. The number of hydrogen-bond donors (Lipinski definition) is 1. The Bertz CT molecular complexity index is 416. The van der Waals surface area contributed by atoms with E-state index in [-0.39, 0.29) is 17.1 Å². The van der Waals surface area contributed by atoms with Crippen molar-refractivity contribution >= 4 is 28.7 Å². The fourth-order valence-corrected chi connectivity index (χ4v) is 1.52. The number of para-hydroxylation sites is 2. The molecule has 2 nitrogen and oxygen atoms in total. The average molecular weight is 291 g/mol. The molecule has 2 rings (SSSR count). The standard InChI is InChI=1S/C13H12N2S.Cu/c16-13(14-11-7-3-1-4-8-11)15-12-9-5-2-6-10-12;/h1-10H,(H2,14,15,16);/q;+1/p-1. The Morgan fingerprint density at radius 2 is 1.41 bits per heavy atom. The van der Waals surface area contributed by atoms with E-state index in [9.17, 15) is 0 Å². The van der Waals surface area contributed by atoms with Gasteiger partial charge in [-0.2, -0.15) is 0 Å². The van der Waals surface area contributed by atoms with E-state index >= 15 is 0 Å². The quantitative estimate of drug-likeness (QED) is 0.666. The molecule has 0 aliphatic heterocycles. The van der Waals surface area contributed by atoms with Crippen molar-refractivity contribution in [1.29, 1.82) is 0 Å². The molecule has 0 unspecified atom stereocenters. The van der Waals surface area contributed by atoms with E-state index in [0.29, 0.717) is 5.11 Å². The normalized spacial score (nSPS) is 8.94. The maximum Gasteiger partial charge on any atom is 1.00 e. The van der Waals surface area contributed by atoms with E-state index in [1.165, 1.54) is 0 Å². The maximum absolute atomic E-state index is 5.14. The van der Waals surface area contributed by atoms with Crippen molar-refractivity contribution in [2.75, 3.05) is 5.32 Å². The smallest absolute Gasteiger partial charge is 0.448 e. The third-order valence-corrected chi connectivity index (χ3v) is 2.21. The minimum atomic E-state index is 0. The van der Waals surface area contributed by atoms with Crippen LogP contribution >= 0.6 is 12.2 Å². The molecular formula is C13H11CuN2S. The first-order chi connectivity index (χ1) is 7.84. The first-order valence-electron chi connectivity index (χ1n) is 4.97. The Morgan fingerprint density at radius 3 is 2.00 bits per heavy atom. The number of thiocarbonyl (C=S) groups is 1. The molecule has 17 heavy (non-hydrogen) atoms. The van der Waals surface area contributed by atoms with Crippen LogP contribution in [0, 0.1) is 0 Å². The van der Waals surface area contributed by atoms with Gasteiger partial charge < -0.3 is 10.6 Å². The summed E-state index contributed by atoms with van der Waals surface area (Å²) in [5.41, 5.74) is 1.81. The van der Waals surface area contributed by atoms with Crippen molar-refractivity contribution in [1.82, 2.24) is 0 Å². The van der Waals surface area contributed by atoms with Crippen molar-refractivity contribution in [3.05, 3.63) is 66.0 Å². The van der Waals surface area contributed by atoms with Gasteiger partial charge in [-0.15, -0.1) is 0 Å². The van der Waals surface area contributed by atoms with Gasteiger partial charge in [-0.05, 0) is 11.4 Å². The van der Waals surface area contributed by atoms with E-state index in [1.807, 2.05) is 60.7 Å². The molecule has 0 saturated heterocycles. The Kier molecular flexibility index (Phi) is 5.70. The molecule has 2 aromatic rings. The van der Waals surface area contributed by atoms with Gasteiger partial charge in [-0.1, -0.05) is 72.9 Å². The van der Waals surface area contributed by atoms with Crippen molar-refractivity contribution in [3.8, 4) is 0 Å². The van der Waals surface area contributed by atoms with E-state index in [2.05, 4.69) is 10.6 Å². The number of anilines is 1. The van der Waals surface area contributed by atoms with Crippen molar-refractivity contribution < 1.29 is 17.1 Å². The van der Waals surface area contributed by atoms with Crippen LogP contribution in [0.4, 0.5) is 11.4 Å². The summed E-state index contributed by atoms with van der Waals surface area (Å²) in [6.07, 6.45) is 0. The second-order valence-corrected chi connectivity index (χ2v) is 3.63. The van der Waals surface area contributed by atoms with Crippen LogP contribution in [0.2, 0.25) is 0 Å². The SMILES string of the molecule is S=C([N-]c1ccccc1)Nc1ccccc1.[Cu+]. The molecule has 0 aliphatic rings. The number of nitrogens with zero attached hydrogens (tertiary/aromatic N) is 1. The predicted molar refractivity (Wildman–Crippen MR) is 72.1 cm³/mol. The van der Waals surface area contributed by atoms with Crippen molar-refractivity contribution in [2.24, 2.45) is 0 Å². The number of nitrogens with one attached hydrogen (secondary N) is 1. The van der Waals surface area contributed by atoms with Crippen LogP contribution in [0.1, 0.15) is 0 Å². The molecule has 0 heterocycles. The molecule has 4 heteroatoms. The van der Waals surface area contributed by atoms with Gasteiger partial charge in [0.1, 0.15) is 0 Å². The average Bonchev–Trinajstić information content (AvgIpc) is 2.31. The maximum atomic E-state index is 5.14. The fraction of sp³-hybridized carbons (Fsp3) is 0. The molecule has 90 valence electrons. The Balaban J connectivity index is 0.00000144.